The van der Waals surface area contributed by atoms with E-state index in [4.69, 9.17) is 27.0 Å². The van der Waals surface area contributed by atoms with Crippen LogP contribution in [0.25, 0.3) is 10.9 Å². The molecule has 1 fully saturated rings. The van der Waals surface area contributed by atoms with E-state index >= 15 is 4.39 Å². The number of hydrogen-bond acceptors (Lipinski definition) is 7. The average molecular weight is 590 g/mol. The minimum atomic E-state index is -4.79. The molecule has 1 aliphatic heterocycles. The van der Waals surface area contributed by atoms with Crippen LogP contribution < -0.4 is 14.5 Å². The molecule has 0 radical (unpaired) electrons. The van der Waals surface area contributed by atoms with E-state index in [0.29, 0.717) is 38.2 Å². The zero-order valence-electron chi connectivity index (χ0n) is 22.8. The fourth-order valence-electron chi connectivity index (χ4n) is 4.41. The summed E-state index contributed by atoms with van der Waals surface area (Å²) in [5, 5.41) is 9.29. The Hall–Kier alpha value is -3.89. The zero-order valence-corrected chi connectivity index (χ0v) is 23.6. The van der Waals surface area contributed by atoms with Gasteiger partial charge in [-0.15, -0.1) is 0 Å². The van der Waals surface area contributed by atoms with Crippen LogP contribution in [-0.4, -0.2) is 53.3 Å². The van der Waals surface area contributed by atoms with Crippen molar-refractivity contribution in [1.29, 1.82) is 5.26 Å². The van der Waals surface area contributed by atoms with Gasteiger partial charge in [-0.1, -0.05) is 6.92 Å². The van der Waals surface area contributed by atoms with E-state index in [2.05, 4.69) is 9.97 Å². The number of aryl methyl sites for hydroxylation is 1. The number of anilines is 2. The Bertz CT molecular complexity index is 1530. The van der Waals surface area contributed by atoms with E-state index in [0.717, 1.165) is 18.2 Å². The number of fused-ring (bicyclic) bond motifs is 1. The number of alkyl halides is 3. The van der Waals surface area contributed by atoms with Crippen LogP contribution in [0.3, 0.4) is 0 Å². The third-order valence-corrected chi connectivity index (χ3v) is 7.11. The van der Waals surface area contributed by atoms with Crippen molar-refractivity contribution in [2.45, 2.75) is 51.4 Å². The van der Waals surface area contributed by atoms with Crippen molar-refractivity contribution in [3.8, 4) is 11.9 Å². The van der Waals surface area contributed by atoms with E-state index in [9.17, 15) is 18.0 Å². The first-order valence-electron chi connectivity index (χ1n) is 12.7. The number of carbonyl (C=O) groups is 1. The van der Waals surface area contributed by atoms with Crippen molar-refractivity contribution in [3.63, 3.8) is 0 Å². The monoisotopic (exact) mass is 589 g/mol. The zero-order chi connectivity index (χ0) is 30.1. The highest BCUT2D eigenvalue weighted by Crippen LogP contribution is 2.37. The Balaban J connectivity index is 1.85. The quantitative estimate of drug-likeness (QED) is 0.199. The highest BCUT2D eigenvalue weighted by molar-refractivity contribution is 7.80. The summed E-state index contributed by atoms with van der Waals surface area (Å²) in [6, 6.07) is 7.38. The second-order valence-electron chi connectivity index (χ2n) is 10.0. The van der Waals surface area contributed by atoms with Gasteiger partial charge in [0, 0.05) is 31.3 Å². The summed E-state index contributed by atoms with van der Waals surface area (Å²) in [5.41, 5.74) is -2.89. The Morgan fingerprint density at radius 2 is 1.98 bits per heavy atom. The number of aldehydes is 1. The minimum Gasteiger partial charge on any atom is -0.471 e. The van der Waals surface area contributed by atoms with Crippen molar-refractivity contribution in [2.75, 3.05) is 30.1 Å². The lowest BCUT2D eigenvalue weighted by Gasteiger charge is -2.40. The maximum Gasteiger partial charge on any atom is 0.417 e. The number of rotatable bonds is 7. The molecular formula is C28H27F4N5O3S. The van der Waals surface area contributed by atoms with Crippen molar-refractivity contribution in [3.05, 3.63) is 53.1 Å². The van der Waals surface area contributed by atoms with Gasteiger partial charge < -0.3 is 24.1 Å². The lowest BCUT2D eigenvalue weighted by molar-refractivity contribution is -0.137. The fourth-order valence-corrected chi connectivity index (χ4v) is 4.86. The van der Waals surface area contributed by atoms with Crippen molar-refractivity contribution < 1.29 is 31.8 Å². The molecule has 13 heteroatoms. The molecule has 0 N–H and O–H groups in total. The van der Waals surface area contributed by atoms with Crippen LogP contribution in [0.1, 0.15) is 44.1 Å². The van der Waals surface area contributed by atoms with E-state index in [1.54, 1.807) is 6.07 Å². The Labute approximate surface area is 239 Å². The predicted octanol–water partition coefficient (Wildman–Crippen LogP) is 5.59. The molecule has 3 aromatic rings. The number of thiocarbonyl (C=S) groups is 1. The SMILES string of the molecule is CCc1nc(O[C@@H]2CCOC2)c2cc(N(C(=S)N(C)c3ccc(C#N)c(C(F)(F)F)c3)C(C)(C)C=O)cc(F)c2n1. The van der Waals surface area contributed by atoms with E-state index < -0.39 is 28.7 Å². The molecule has 1 aromatic heterocycles. The Morgan fingerprint density at radius 3 is 2.56 bits per heavy atom. The van der Waals surface area contributed by atoms with Gasteiger partial charge in [0.1, 0.15) is 23.7 Å². The molecule has 0 saturated carbocycles. The van der Waals surface area contributed by atoms with Gasteiger partial charge in [0.2, 0.25) is 5.88 Å². The first-order chi connectivity index (χ1) is 19.3. The smallest absolute Gasteiger partial charge is 0.417 e. The summed E-state index contributed by atoms with van der Waals surface area (Å²) in [6.07, 6.45) is -3.43. The van der Waals surface area contributed by atoms with Crippen LogP contribution >= 0.6 is 12.2 Å². The van der Waals surface area contributed by atoms with E-state index in [1.807, 2.05) is 6.92 Å². The number of ether oxygens (including phenoxy) is 2. The maximum absolute atomic E-state index is 15.7. The molecule has 1 aliphatic rings. The van der Waals surface area contributed by atoms with Crippen molar-refractivity contribution >= 4 is 45.9 Å². The second kappa shape index (κ2) is 11.5. The molecule has 216 valence electrons. The van der Waals surface area contributed by atoms with Gasteiger partial charge in [-0.3, -0.25) is 0 Å². The molecule has 2 heterocycles. The van der Waals surface area contributed by atoms with Gasteiger partial charge in [0.25, 0.3) is 0 Å². The predicted molar refractivity (Wildman–Crippen MR) is 149 cm³/mol. The van der Waals surface area contributed by atoms with E-state index in [-0.39, 0.29) is 39.4 Å². The summed E-state index contributed by atoms with van der Waals surface area (Å²) in [5.74, 6) is -0.204. The molecule has 0 amide bonds. The number of halogens is 4. The second-order valence-corrected chi connectivity index (χ2v) is 10.4. The van der Waals surface area contributed by atoms with Gasteiger partial charge in [-0.25, -0.2) is 9.37 Å². The third kappa shape index (κ3) is 6.08. The molecule has 2 aromatic carbocycles. The highest BCUT2D eigenvalue weighted by Gasteiger charge is 2.36. The van der Waals surface area contributed by atoms with Crippen LogP contribution in [0.15, 0.2) is 30.3 Å². The summed E-state index contributed by atoms with van der Waals surface area (Å²) in [6.45, 7) is 5.75. The minimum absolute atomic E-state index is 0.00969. The first kappa shape index (κ1) is 30.1. The summed E-state index contributed by atoms with van der Waals surface area (Å²) < 4.78 is 68.1. The van der Waals surface area contributed by atoms with Crippen molar-refractivity contribution in [2.24, 2.45) is 0 Å². The maximum atomic E-state index is 15.7. The molecule has 0 spiro atoms. The summed E-state index contributed by atoms with van der Waals surface area (Å²) >= 11 is 5.67. The molecule has 1 atom stereocenters. The molecule has 0 bridgehead atoms. The first-order valence-corrected chi connectivity index (χ1v) is 13.1. The van der Waals surface area contributed by atoms with Crippen molar-refractivity contribution in [1.82, 2.24) is 9.97 Å². The van der Waals surface area contributed by atoms with Gasteiger partial charge in [0.15, 0.2) is 10.9 Å². The molecule has 8 nitrogen and oxygen atoms in total. The number of nitriles is 1. The van der Waals surface area contributed by atoms with Crippen LogP contribution in [0, 0.1) is 17.1 Å². The van der Waals surface area contributed by atoms with E-state index in [1.165, 1.54) is 42.8 Å². The molecule has 0 unspecified atom stereocenters. The number of nitrogens with zero attached hydrogens (tertiary/aromatic N) is 5. The molecule has 41 heavy (non-hydrogen) atoms. The topological polar surface area (TPSA) is 91.6 Å². The van der Waals surface area contributed by atoms with Gasteiger partial charge in [-0.2, -0.15) is 23.4 Å². The summed E-state index contributed by atoms with van der Waals surface area (Å²) in [4.78, 5) is 23.6. The molecule has 1 saturated heterocycles. The van der Waals surface area contributed by atoms with Crippen LogP contribution in [0.5, 0.6) is 5.88 Å². The van der Waals surface area contributed by atoms with Crippen LogP contribution in [-0.2, 0) is 22.1 Å². The third-order valence-electron chi connectivity index (χ3n) is 6.65. The lowest BCUT2D eigenvalue weighted by atomic mass is 10.0. The van der Waals surface area contributed by atoms with Gasteiger partial charge in [-0.05, 0) is 56.4 Å². The summed E-state index contributed by atoms with van der Waals surface area (Å²) in [7, 11) is 1.42. The van der Waals surface area contributed by atoms with Gasteiger partial charge >= 0.3 is 6.18 Å². The number of carbonyl (C=O) groups excluding carboxylic acids is 1. The Kier molecular flexibility index (Phi) is 8.46. The fraction of sp³-hybridized carbons (Fsp3) is 0.393. The molecule has 0 aliphatic carbocycles. The molecule has 4 rings (SSSR count). The number of hydrogen-bond donors (Lipinski definition) is 0. The number of benzene rings is 2. The van der Waals surface area contributed by atoms with Crippen LogP contribution in [0.2, 0.25) is 0 Å². The number of aromatic nitrogens is 2. The molecular weight excluding hydrogens is 562 g/mol. The van der Waals surface area contributed by atoms with Crippen LogP contribution in [0.4, 0.5) is 28.9 Å². The standard InChI is InChI=1S/C28H27F4N5O3S/c1-5-23-34-24-20(25(35-23)40-19-8-9-39-14-19)10-18(12-22(24)29)37(27(2,3)15-38)26(41)36(4)17-7-6-16(13-33)21(11-17)28(30,31)32/h6-7,10-12,15,19H,5,8-9,14H2,1-4H3/t19-/m1/s1. The Morgan fingerprint density at radius 1 is 1.24 bits per heavy atom. The average Bonchev–Trinajstić information content (AvgIpc) is 3.45. The largest absolute Gasteiger partial charge is 0.471 e. The lowest BCUT2D eigenvalue weighted by Crippen LogP contribution is -2.54. The van der Waals surface area contributed by atoms with Gasteiger partial charge in [0.05, 0.1) is 41.3 Å². The normalized spacial score (nSPS) is 15.4. The highest BCUT2D eigenvalue weighted by atomic mass is 32.1.